The van der Waals surface area contributed by atoms with Crippen molar-refractivity contribution in [3.05, 3.63) is 70.7 Å². The van der Waals surface area contributed by atoms with Gasteiger partial charge in [-0.1, -0.05) is 18.2 Å². The zero-order valence-corrected chi connectivity index (χ0v) is 16.3. The molecular formula is C21H21N4O5+. The number of carbonyl (C=O) groups is 2. The van der Waals surface area contributed by atoms with Crippen molar-refractivity contribution in [3.63, 3.8) is 0 Å². The summed E-state index contributed by atoms with van der Waals surface area (Å²) in [5, 5.41) is 5.56. The molecule has 0 bridgehead atoms. The number of nitrogens with one attached hydrogen (secondary N) is 2. The number of rotatable bonds is 7. The molecule has 1 unspecified atom stereocenters. The standard InChI is InChI=1S/C21H20N4O5/c1-2-29-16-10-8-14(9-11-16)24-19(26)12-17(20(24)27)22-13-18-21(28)30-23-25(18)15-6-4-3-5-7-15/h3-11,17,22H,2,12-13H2,1H3/p+1. The number of anilines is 1. The Balaban J connectivity index is 1.48. The minimum Gasteiger partial charge on any atom is -0.494 e. The molecule has 2 aromatic carbocycles. The molecule has 1 atom stereocenters. The summed E-state index contributed by atoms with van der Waals surface area (Å²) in [4.78, 5) is 38.5. The van der Waals surface area contributed by atoms with E-state index in [1.165, 1.54) is 4.68 Å². The van der Waals surface area contributed by atoms with Crippen LogP contribution in [0.1, 0.15) is 19.0 Å². The van der Waals surface area contributed by atoms with Crippen molar-refractivity contribution in [3.8, 4) is 11.4 Å². The number of H-pyrrole nitrogens is 1. The number of carbonyl (C=O) groups excluding carboxylic acids is 2. The lowest BCUT2D eigenvalue weighted by atomic mass is 10.2. The average Bonchev–Trinajstić information content (AvgIpc) is 3.26. The third-order valence-corrected chi connectivity index (χ3v) is 4.82. The van der Waals surface area contributed by atoms with Gasteiger partial charge in [-0.25, -0.2) is 9.69 Å². The van der Waals surface area contributed by atoms with Crippen molar-refractivity contribution in [1.82, 2.24) is 10.6 Å². The molecule has 0 aliphatic carbocycles. The van der Waals surface area contributed by atoms with Gasteiger partial charge in [0.1, 0.15) is 5.75 Å². The zero-order chi connectivity index (χ0) is 21.1. The third-order valence-electron chi connectivity index (χ3n) is 4.82. The smallest absolute Gasteiger partial charge is 0.431 e. The SMILES string of the molecule is CCOc1ccc(N2C(=O)CC(NCc3c(=O)o[nH][n+]3-c3ccccc3)C2=O)cc1. The van der Waals surface area contributed by atoms with E-state index in [1.807, 2.05) is 37.3 Å². The highest BCUT2D eigenvalue weighted by molar-refractivity contribution is 6.22. The monoisotopic (exact) mass is 409 g/mol. The maximum atomic E-state index is 12.8. The molecule has 30 heavy (non-hydrogen) atoms. The lowest BCUT2D eigenvalue weighted by Gasteiger charge is -2.15. The third kappa shape index (κ3) is 3.74. The van der Waals surface area contributed by atoms with Crippen LogP contribution in [0.15, 0.2) is 63.9 Å². The van der Waals surface area contributed by atoms with E-state index >= 15 is 0 Å². The number of amides is 2. The fourth-order valence-corrected chi connectivity index (χ4v) is 3.37. The summed E-state index contributed by atoms with van der Waals surface area (Å²) in [5.41, 5.74) is 0.940. The lowest BCUT2D eigenvalue weighted by Crippen LogP contribution is -2.44. The van der Waals surface area contributed by atoms with Gasteiger partial charge < -0.3 is 4.74 Å². The molecule has 0 saturated carbocycles. The first-order valence-electron chi connectivity index (χ1n) is 9.59. The number of aromatic amines is 1. The predicted molar refractivity (Wildman–Crippen MR) is 106 cm³/mol. The molecular weight excluding hydrogens is 388 g/mol. The summed E-state index contributed by atoms with van der Waals surface area (Å²) in [5.74, 6) is -0.00582. The van der Waals surface area contributed by atoms with Gasteiger partial charge in [0.05, 0.1) is 31.3 Å². The number of para-hydroxylation sites is 1. The second-order valence-electron chi connectivity index (χ2n) is 6.73. The average molecular weight is 409 g/mol. The Morgan fingerprint density at radius 3 is 2.57 bits per heavy atom. The number of aromatic nitrogens is 2. The Morgan fingerprint density at radius 2 is 1.87 bits per heavy atom. The number of nitrogens with zero attached hydrogens (tertiary/aromatic N) is 2. The van der Waals surface area contributed by atoms with Crippen molar-refractivity contribution >= 4 is 17.5 Å². The van der Waals surface area contributed by atoms with Crippen molar-refractivity contribution in [2.75, 3.05) is 11.5 Å². The molecule has 0 radical (unpaired) electrons. The van der Waals surface area contributed by atoms with Crippen LogP contribution in [0.5, 0.6) is 5.75 Å². The van der Waals surface area contributed by atoms with Gasteiger partial charge in [-0.15, -0.1) is 0 Å². The van der Waals surface area contributed by atoms with Gasteiger partial charge in [0.25, 0.3) is 5.91 Å². The van der Waals surface area contributed by atoms with Gasteiger partial charge in [0, 0.05) is 12.1 Å². The topological polar surface area (TPSA) is 109 Å². The van der Waals surface area contributed by atoms with E-state index in [-0.39, 0.29) is 24.8 Å². The van der Waals surface area contributed by atoms with Gasteiger partial charge in [0.2, 0.25) is 11.6 Å². The molecule has 4 rings (SSSR count). The number of hydrogen-bond acceptors (Lipinski definition) is 6. The van der Waals surface area contributed by atoms with Crippen LogP contribution in [-0.4, -0.2) is 29.7 Å². The minimum atomic E-state index is -0.734. The molecule has 154 valence electrons. The van der Waals surface area contributed by atoms with Crippen LogP contribution in [0.2, 0.25) is 0 Å². The lowest BCUT2D eigenvalue weighted by molar-refractivity contribution is -0.677. The molecule has 2 N–H and O–H groups in total. The van der Waals surface area contributed by atoms with Crippen LogP contribution < -0.4 is 25.3 Å². The quantitative estimate of drug-likeness (QED) is 0.446. The van der Waals surface area contributed by atoms with Gasteiger partial charge in [-0.3, -0.25) is 19.4 Å². The fraction of sp³-hybridized carbons (Fsp3) is 0.238. The molecule has 1 aliphatic rings. The predicted octanol–water partition coefficient (Wildman–Crippen LogP) is 1.06. The number of imide groups is 1. The van der Waals surface area contributed by atoms with Crippen LogP contribution in [0.4, 0.5) is 5.69 Å². The highest BCUT2D eigenvalue weighted by Gasteiger charge is 2.40. The van der Waals surface area contributed by atoms with E-state index in [9.17, 15) is 14.4 Å². The van der Waals surface area contributed by atoms with E-state index in [4.69, 9.17) is 9.26 Å². The molecule has 1 saturated heterocycles. The highest BCUT2D eigenvalue weighted by atomic mass is 16.5. The van der Waals surface area contributed by atoms with Crippen LogP contribution >= 0.6 is 0 Å². The molecule has 9 nitrogen and oxygen atoms in total. The van der Waals surface area contributed by atoms with Gasteiger partial charge in [-0.05, 0) is 41.1 Å². The van der Waals surface area contributed by atoms with Gasteiger partial charge in [0.15, 0.2) is 0 Å². The van der Waals surface area contributed by atoms with E-state index in [1.54, 1.807) is 24.3 Å². The molecule has 1 aliphatic heterocycles. The zero-order valence-electron chi connectivity index (χ0n) is 16.3. The van der Waals surface area contributed by atoms with Crippen LogP contribution in [-0.2, 0) is 16.1 Å². The van der Waals surface area contributed by atoms with E-state index in [0.29, 0.717) is 29.4 Å². The first-order valence-corrected chi connectivity index (χ1v) is 9.59. The summed E-state index contributed by atoms with van der Waals surface area (Å²) < 4.78 is 11.8. The number of benzene rings is 2. The molecule has 9 heteroatoms. The number of ether oxygens (including phenoxy) is 1. The summed E-state index contributed by atoms with van der Waals surface area (Å²) in [7, 11) is 0. The molecule has 2 amide bonds. The first-order chi connectivity index (χ1) is 14.6. The Labute approximate surface area is 171 Å². The highest BCUT2D eigenvalue weighted by Crippen LogP contribution is 2.25. The van der Waals surface area contributed by atoms with E-state index in [2.05, 4.69) is 10.6 Å². The number of hydrogen-bond donors (Lipinski definition) is 2. The molecule has 1 aromatic heterocycles. The Kier molecular flexibility index (Phi) is 5.44. The summed E-state index contributed by atoms with van der Waals surface area (Å²) in [6.07, 6.45) is 0.00708. The van der Waals surface area contributed by atoms with Crippen molar-refractivity contribution in [1.29, 1.82) is 0 Å². The van der Waals surface area contributed by atoms with E-state index < -0.39 is 11.7 Å². The van der Waals surface area contributed by atoms with Crippen molar-refractivity contribution < 1.29 is 23.5 Å². The normalized spacial score (nSPS) is 16.3. The Hall–Kier alpha value is -3.72. The summed E-state index contributed by atoms with van der Waals surface area (Å²) in [6, 6.07) is 15.2. The van der Waals surface area contributed by atoms with Gasteiger partial charge >= 0.3 is 11.3 Å². The largest absolute Gasteiger partial charge is 0.494 e. The second kappa shape index (κ2) is 8.34. The maximum Gasteiger partial charge on any atom is 0.431 e. The minimum absolute atomic E-state index is 0.00708. The van der Waals surface area contributed by atoms with Crippen molar-refractivity contribution in [2.45, 2.75) is 25.9 Å². The Bertz CT molecular complexity index is 1100. The maximum absolute atomic E-state index is 12.8. The fourth-order valence-electron chi connectivity index (χ4n) is 3.37. The summed E-state index contributed by atoms with van der Waals surface area (Å²) >= 11 is 0. The first kappa shape index (κ1) is 19.6. The molecule has 0 spiro atoms. The van der Waals surface area contributed by atoms with Crippen molar-refractivity contribution in [2.24, 2.45) is 0 Å². The molecule has 2 heterocycles. The van der Waals surface area contributed by atoms with Crippen LogP contribution in [0.25, 0.3) is 5.69 Å². The molecule has 3 aromatic rings. The second-order valence-corrected chi connectivity index (χ2v) is 6.73. The van der Waals surface area contributed by atoms with E-state index in [0.717, 1.165) is 4.90 Å². The van der Waals surface area contributed by atoms with Crippen LogP contribution in [0.3, 0.4) is 0 Å². The van der Waals surface area contributed by atoms with Crippen LogP contribution in [0, 0.1) is 0 Å². The van der Waals surface area contributed by atoms with Gasteiger partial charge in [-0.2, -0.15) is 0 Å². The summed E-state index contributed by atoms with van der Waals surface area (Å²) in [6.45, 7) is 2.47. The Morgan fingerprint density at radius 1 is 1.13 bits per heavy atom. The molecule has 1 fully saturated rings.